The number of esters is 1. The van der Waals surface area contributed by atoms with Gasteiger partial charge < -0.3 is 10.1 Å². The van der Waals surface area contributed by atoms with Crippen LogP contribution in [0.1, 0.15) is 17.5 Å². The number of nitrogens with one attached hydrogen (secondary N) is 1. The largest absolute Gasteiger partial charge is 0.469 e. The van der Waals surface area contributed by atoms with Crippen molar-refractivity contribution in [3.8, 4) is 6.07 Å². The Bertz CT molecular complexity index is 777. The second-order valence-corrected chi connectivity index (χ2v) is 5.42. The lowest BCUT2D eigenvalue weighted by atomic mass is 10.1. The Hall–Kier alpha value is -3.33. The molecule has 0 radical (unpaired) electrons. The number of nitrogens with zero attached hydrogens (tertiary/aromatic N) is 2. The van der Waals surface area contributed by atoms with Crippen molar-refractivity contribution in [2.45, 2.75) is 12.8 Å². The van der Waals surface area contributed by atoms with Gasteiger partial charge in [0.05, 0.1) is 18.7 Å². The third-order valence-electron chi connectivity index (χ3n) is 3.74. The number of ether oxygens (including phenoxy) is 1. The Morgan fingerprint density at radius 2 is 1.76 bits per heavy atom. The molecule has 25 heavy (non-hydrogen) atoms. The minimum atomic E-state index is -0.285. The van der Waals surface area contributed by atoms with Gasteiger partial charge in [0.1, 0.15) is 0 Å². The van der Waals surface area contributed by atoms with Crippen molar-refractivity contribution in [3.05, 3.63) is 59.7 Å². The quantitative estimate of drug-likeness (QED) is 0.848. The molecule has 2 aromatic rings. The molecule has 0 saturated carbocycles. The number of carbonyl (C=O) groups excluding carboxylic acids is 2. The van der Waals surface area contributed by atoms with Gasteiger partial charge in [-0.2, -0.15) is 5.26 Å². The van der Waals surface area contributed by atoms with Crippen LogP contribution in [-0.2, 0) is 16.0 Å². The zero-order chi connectivity index (χ0) is 18.2. The number of amides is 2. The minimum Gasteiger partial charge on any atom is -0.469 e. The summed E-state index contributed by atoms with van der Waals surface area (Å²) in [5, 5.41) is 11.6. The maximum atomic E-state index is 12.3. The number of hydrogen-bond donors (Lipinski definition) is 1. The van der Waals surface area contributed by atoms with E-state index in [0.29, 0.717) is 29.8 Å². The van der Waals surface area contributed by atoms with E-state index in [0.717, 1.165) is 5.56 Å². The van der Waals surface area contributed by atoms with Crippen LogP contribution < -0.4 is 10.2 Å². The van der Waals surface area contributed by atoms with Gasteiger partial charge in [0.2, 0.25) is 0 Å². The van der Waals surface area contributed by atoms with Crippen LogP contribution in [0.2, 0.25) is 0 Å². The van der Waals surface area contributed by atoms with Crippen molar-refractivity contribution < 1.29 is 14.3 Å². The summed E-state index contributed by atoms with van der Waals surface area (Å²) in [5.74, 6) is -0.249. The van der Waals surface area contributed by atoms with Crippen LogP contribution in [0, 0.1) is 11.3 Å². The van der Waals surface area contributed by atoms with Gasteiger partial charge in [-0.15, -0.1) is 0 Å². The van der Waals surface area contributed by atoms with Crippen molar-refractivity contribution in [3.63, 3.8) is 0 Å². The first kappa shape index (κ1) is 18.0. The lowest BCUT2D eigenvalue weighted by Crippen LogP contribution is -2.31. The number of anilines is 2. The summed E-state index contributed by atoms with van der Waals surface area (Å²) in [6.07, 6.45) is 0.912. The highest BCUT2D eigenvalue weighted by atomic mass is 16.5. The molecule has 0 bridgehead atoms. The second-order valence-electron chi connectivity index (χ2n) is 5.42. The molecule has 0 fully saturated rings. The summed E-state index contributed by atoms with van der Waals surface area (Å²) in [6, 6.07) is 15.8. The number of urea groups is 1. The summed E-state index contributed by atoms with van der Waals surface area (Å²) in [7, 11) is 3.02. The first-order chi connectivity index (χ1) is 12.0. The van der Waals surface area contributed by atoms with Crippen molar-refractivity contribution in [2.75, 3.05) is 24.4 Å². The minimum absolute atomic E-state index is 0.249. The Labute approximate surface area is 146 Å². The summed E-state index contributed by atoms with van der Waals surface area (Å²) in [6.45, 7) is 0. The number of aryl methyl sites for hydroxylation is 1. The molecule has 6 heteroatoms. The van der Waals surface area contributed by atoms with Gasteiger partial charge in [-0.05, 0) is 48.4 Å². The van der Waals surface area contributed by atoms with Gasteiger partial charge in [-0.3, -0.25) is 9.69 Å². The highest BCUT2D eigenvalue weighted by molar-refractivity contribution is 6.01. The molecule has 6 nitrogen and oxygen atoms in total. The highest BCUT2D eigenvalue weighted by Crippen LogP contribution is 2.16. The normalized spacial score (nSPS) is 9.80. The van der Waals surface area contributed by atoms with Gasteiger partial charge in [0.25, 0.3) is 0 Å². The van der Waals surface area contributed by atoms with E-state index in [1.54, 1.807) is 43.4 Å². The highest BCUT2D eigenvalue weighted by Gasteiger charge is 2.11. The van der Waals surface area contributed by atoms with Crippen LogP contribution in [0.25, 0.3) is 0 Å². The van der Waals surface area contributed by atoms with Crippen LogP contribution in [0.3, 0.4) is 0 Å². The predicted octanol–water partition coefficient (Wildman–Crippen LogP) is 3.33. The van der Waals surface area contributed by atoms with E-state index in [-0.39, 0.29) is 12.0 Å². The second kappa shape index (κ2) is 8.50. The van der Waals surface area contributed by atoms with Crippen molar-refractivity contribution in [1.82, 2.24) is 0 Å². The zero-order valence-electron chi connectivity index (χ0n) is 14.2. The molecule has 0 aliphatic carbocycles. The molecular weight excluding hydrogens is 318 g/mol. The SMILES string of the molecule is COC(=O)CCc1ccc(NC(=O)N(C)c2ccc(C#N)cc2)cc1. The van der Waals surface area contributed by atoms with Gasteiger partial charge in [0.15, 0.2) is 0 Å². The van der Waals surface area contributed by atoms with Crippen molar-refractivity contribution in [2.24, 2.45) is 0 Å². The number of hydrogen-bond acceptors (Lipinski definition) is 4. The Morgan fingerprint density at radius 1 is 1.12 bits per heavy atom. The third kappa shape index (κ3) is 5.08. The molecule has 2 aromatic carbocycles. The van der Waals surface area contributed by atoms with Crippen LogP contribution in [-0.4, -0.2) is 26.2 Å². The Kier molecular flexibility index (Phi) is 6.13. The molecule has 128 valence electrons. The van der Waals surface area contributed by atoms with Crippen molar-refractivity contribution in [1.29, 1.82) is 5.26 Å². The Morgan fingerprint density at radius 3 is 2.32 bits per heavy atom. The average molecular weight is 337 g/mol. The molecule has 0 saturated heterocycles. The number of methoxy groups -OCH3 is 1. The molecule has 2 amide bonds. The lowest BCUT2D eigenvalue weighted by Gasteiger charge is -2.18. The maximum Gasteiger partial charge on any atom is 0.326 e. The summed E-state index contributed by atoms with van der Waals surface area (Å²) in [4.78, 5) is 24.9. The molecule has 2 rings (SSSR count). The molecular formula is C19H19N3O3. The first-order valence-electron chi connectivity index (χ1n) is 7.74. The first-order valence-corrected chi connectivity index (χ1v) is 7.74. The molecule has 0 atom stereocenters. The number of nitriles is 1. The average Bonchev–Trinajstić information content (AvgIpc) is 2.66. The zero-order valence-corrected chi connectivity index (χ0v) is 14.2. The van der Waals surface area contributed by atoms with E-state index in [1.807, 2.05) is 18.2 Å². The monoisotopic (exact) mass is 337 g/mol. The topological polar surface area (TPSA) is 82.4 Å². The van der Waals surface area contributed by atoms with Gasteiger partial charge in [-0.25, -0.2) is 4.79 Å². The van der Waals surface area contributed by atoms with Gasteiger partial charge >= 0.3 is 12.0 Å². The number of rotatable bonds is 5. The molecule has 0 heterocycles. The molecule has 0 unspecified atom stereocenters. The fraction of sp³-hybridized carbons (Fsp3) is 0.211. The van der Waals surface area contributed by atoms with Crippen LogP contribution in [0.5, 0.6) is 0 Å². The van der Waals surface area contributed by atoms with E-state index in [1.165, 1.54) is 12.0 Å². The Balaban J connectivity index is 1.95. The van der Waals surface area contributed by atoms with Crippen LogP contribution in [0.15, 0.2) is 48.5 Å². The number of benzene rings is 2. The summed E-state index contributed by atoms with van der Waals surface area (Å²) in [5.41, 5.74) is 2.88. The van der Waals surface area contributed by atoms with Gasteiger partial charge in [0, 0.05) is 24.8 Å². The molecule has 0 aliphatic rings. The maximum absolute atomic E-state index is 12.3. The van der Waals surface area contributed by atoms with E-state index in [4.69, 9.17) is 5.26 Å². The van der Waals surface area contributed by atoms with E-state index >= 15 is 0 Å². The van der Waals surface area contributed by atoms with Gasteiger partial charge in [-0.1, -0.05) is 12.1 Å². The van der Waals surface area contributed by atoms with E-state index < -0.39 is 0 Å². The lowest BCUT2D eigenvalue weighted by molar-refractivity contribution is -0.140. The molecule has 0 spiro atoms. The predicted molar refractivity (Wildman–Crippen MR) is 95.4 cm³/mol. The third-order valence-corrected chi connectivity index (χ3v) is 3.74. The summed E-state index contributed by atoms with van der Waals surface area (Å²) < 4.78 is 4.61. The van der Waals surface area contributed by atoms with Crippen molar-refractivity contribution >= 4 is 23.4 Å². The molecule has 1 N–H and O–H groups in total. The van der Waals surface area contributed by atoms with E-state index in [2.05, 4.69) is 10.1 Å². The van der Waals surface area contributed by atoms with E-state index in [9.17, 15) is 9.59 Å². The number of carbonyl (C=O) groups is 2. The molecule has 0 aromatic heterocycles. The summed E-state index contributed by atoms with van der Waals surface area (Å²) >= 11 is 0. The van der Waals surface area contributed by atoms with Crippen LogP contribution >= 0.6 is 0 Å². The fourth-order valence-electron chi connectivity index (χ4n) is 2.19. The standard InChI is InChI=1S/C19H19N3O3/c1-22(17-10-5-15(13-20)6-11-17)19(24)21-16-8-3-14(4-9-16)7-12-18(23)25-2/h3-6,8-11H,7,12H2,1-2H3,(H,21,24). The molecule has 0 aliphatic heterocycles. The smallest absolute Gasteiger partial charge is 0.326 e. The van der Waals surface area contributed by atoms with Crippen LogP contribution in [0.4, 0.5) is 16.2 Å². The fourth-order valence-corrected chi connectivity index (χ4v) is 2.19.